The number of hydrogen-bond donors (Lipinski definition) is 1. The van der Waals surface area contributed by atoms with Gasteiger partial charge >= 0.3 is 0 Å². The van der Waals surface area contributed by atoms with Crippen LogP contribution in [0.2, 0.25) is 5.02 Å². The van der Waals surface area contributed by atoms with E-state index in [0.717, 1.165) is 31.9 Å². The third-order valence-electron chi connectivity index (χ3n) is 5.15. The topological polar surface area (TPSA) is 47.1 Å². The second kappa shape index (κ2) is 7.62. The van der Waals surface area contributed by atoms with Gasteiger partial charge in [-0.1, -0.05) is 11.6 Å². The average Bonchev–Trinajstić information content (AvgIpc) is 2.71. The third-order valence-corrected chi connectivity index (χ3v) is 5.39. The number of anilines is 1. The van der Waals surface area contributed by atoms with Crippen LogP contribution in [0.3, 0.4) is 0 Å². The van der Waals surface area contributed by atoms with E-state index < -0.39 is 0 Å². The van der Waals surface area contributed by atoms with Gasteiger partial charge in [0.15, 0.2) is 0 Å². The normalized spacial score (nSPS) is 15.3. The SMILES string of the molecule is COc1ccc(N2CC[NH+](Cc3coc4ccc(Cl)cc4c3=O)CC2)cc1. The largest absolute Gasteiger partial charge is 0.497 e. The molecule has 1 N–H and O–H groups in total. The first kappa shape index (κ1) is 17.9. The third kappa shape index (κ3) is 3.80. The van der Waals surface area contributed by atoms with Crippen molar-refractivity contribution in [1.82, 2.24) is 0 Å². The summed E-state index contributed by atoms with van der Waals surface area (Å²) in [4.78, 5) is 16.5. The predicted molar refractivity (Wildman–Crippen MR) is 107 cm³/mol. The quantitative estimate of drug-likeness (QED) is 0.749. The van der Waals surface area contributed by atoms with E-state index in [0.29, 0.717) is 28.1 Å². The molecule has 27 heavy (non-hydrogen) atoms. The summed E-state index contributed by atoms with van der Waals surface area (Å²) in [6.07, 6.45) is 1.60. The number of fused-ring (bicyclic) bond motifs is 1. The van der Waals surface area contributed by atoms with Gasteiger partial charge in [0.1, 0.15) is 24.1 Å². The summed E-state index contributed by atoms with van der Waals surface area (Å²) in [5, 5.41) is 1.10. The van der Waals surface area contributed by atoms with Crippen molar-refractivity contribution in [2.45, 2.75) is 6.54 Å². The van der Waals surface area contributed by atoms with Crippen molar-refractivity contribution in [2.24, 2.45) is 0 Å². The molecule has 1 fully saturated rings. The Balaban J connectivity index is 1.44. The molecule has 1 aliphatic rings. The van der Waals surface area contributed by atoms with Gasteiger partial charge in [-0.2, -0.15) is 0 Å². The van der Waals surface area contributed by atoms with Gasteiger partial charge < -0.3 is 19.0 Å². The van der Waals surface area contributed by atoms with Crippen LogP contribution in [0.15, 0.2) is 57.9 Å². The number of nitrogens with zero attached hydrogens (tertiary/aromatic N) is 1. The van der Waals surface area contributed by atoms with Crippen LogP contribution in [0.25, 0.3) is 11.0 Å². The lowest BCUT2D eigenvalue weighted by molar-refractivity contribution is -0.914. The van der Waals surface area contributed by atoms with Crippen molar-refractivity contribution in [2.75, 3.05) is 38.2 Å². The molecular weight excluding hydrogens is 364 g/mol. The molecule has 0 unspecified atom stereocenters. The predicted octanol–water partition coefficient (Wildman–Crippen LogP) is 2.36. The summed E-state index contributed by atoms with van der Waals surface area (Å²) < 4.78 is 10.9. The molecule has 1 aromatic heterocycles. The molecule has 0 radical (unpaired) electrons. The fourth-order valence-corrected chi connectivity index (χ4v) is 3.76. The van der Waals surface area contributed by atoms with Crippen LogP contribution in [0, 0.1) is 0 Å². The first-order chi connectivity index (χ1) is 13.1. The van der Waals surface area contributed by atoms with Crippen LogP contribution in [0.4, 0.5) is 5.69 Å². The number of quaternary nitrogens is 1. The van der Waals surface area contributed by atoms with Crippen LogP contribution in [-0.2, 0) is 6.54 Å². The zero-order chi connectivity index (χ0) is 18.8. The molecule has 4 rings (SSSR count). The molecule has 140 valence electrons. The van der Waals surface area contributed by atoms with Crippen LogP contribution < -0.4 is 20.0 Å². The molecule has 2 aromatic carbocycles. The number of rotatable bonds is 4. The molecular formula is C21H22ClN2O3+. The molecule has 5 nitrogen and oxygen atoms in total. The second-order valence-corrected chi connectivity index (χ2v) is 7.28. The minimum absolute atomic E-state index is 0.0174. The molecule has 0 atom stereocenters. The monoisotopic (exact) mass is 385 g/mol. The number of nitrogens with one attached hydrogen (secondary N) is 1. The van der Waals surface area contributed by atoms with Gasteiger partial charge in [0.25, 0.3) is 0 Å². The molecule has 0 spiro atoms. The number of methoxy groups -OCH3 is 1. The van der Waals surface area contributed by atoms with Crippen molar-refractivity contribution < 1.29 is 14.1 Å². The Morgan fingerprint density at radius 3 is 2.59 bits per heavy atom. The molecule has 0 saturated carbocycles. The zero-order valence-corrected chi connectivity index (χ0v) is 16.0. The Kier molecular flexibility index (Phi) is 5.05. The van der Waals surface area contributed by atoms with Gasteiger partial charge in [-0.3, -0.25) is 4.79 Å². The maximum atomic E-state index is 12.7. The fourth-order valence-electron chi connectivity index (χ4n) is 3.59. The summed E-state index contributed by atoms with van der Waals surface area (Å²) >= 11 is 6.03. The molecule has 1 saturated heterocycles. The molecule has 0 amide bonds. The van der Waals surface area contributed by atoms with E-state index in [2.05, 4.69) is 17.0 Å². The molecule has 1 aliphatic heterocycles. The molecule has 3 aromatic rings. The first-order valence-electron chi connectivity index (χ1n) is 9.06. The highest BCUT2D eigenvalue weighted by Crippen LogP contribution is 2.19. The van der Waals surface area contributed by atoms with E-state index in [4.69, 9.17) is 20.8 Å². The highest BCUT2D eigenvalue weighted by molar-refractivity contribution is 6.31. The van der Waals surface area contributed by atoms with E-state index in [1.54, 1.807) is 31.6 Å². The Morgan fingerprint density at radius 2 is 1.89 bits per heavy atom. The average molecular weight is 386 g/mol. The smallest absolute Gasteiger partial charge is 0.201 e. The Morgan fingerprint density at radius 1 is 1.15 bits per heavy atom. The Bertz CT molecular complexity index is 992. The van der Waals surface area contributed by atoms with Gasteiger partial charge in [-0.15, -0.1) is 0 Å². The van der Waals surface area contributed by atoms with Gasteiger partial charge in [0.2, 0.25) is 5.43 Å². The lowest BCUT2D eigenvalue weighted by atomic mass is 10.1. The number of halogens is 1. The Labute approximate surface area is 162 Å². The Hall–Kier alpha value is -2.50. The maximum Gasteiger partial charge on any atom is 0.201 e. The van der Waals surface area contributed by atoms with E-state index in [1.807, 2.05) is 12.1 Å². The van der Waals surface area contributed by atoms with Crippen LogP contribution in [-0.4, -0.2) is 33.3 Å². The molecule has 0 bridgehead atoms. The highest BCUT2D eigenvalue weighted by atomic mass is 35.5. The highest BCUT2D eigenvalue weighted by Gasteiger charge is 2.22. The zero-order valence-electron chi connectivity index (χ0n) is 15.2. The maximum absolute atomic E-state index is 12.7. The number of piperazine rings is 1. The summed E-state index contributed by atoms with van der Waals surface area (Å²) in [5.41, 5.74) is 2.50. The van der Waals surface area contributed by atoms with E-state index in [9.17, 15) is 4.79 Å². The second-order valence-electron chi connectivity index (χ2n) is 6.84. The summed E-state index contributed by atoms with van der Waals surface area (Å²) in [7, 11) is 1.68. The number of hydrogen-bond acceptors (Lipinski definition) is 4. The van der Waals surface area contributed by atoms with Crippen molar-refractivity contribution in [3.8, 4) is 5.75 Å². The van der Waals surface area contributed by atoms with E-state index in [-0.39, 0.29) is 5.43 Å². The van der Waals surface area contributed by atoms with Gasteiger partial charge in [0, 0.05) is 10.7 Å². The van der Waals surface area contributed by atoms with Gasteiger partial charge in [-0.25, -0.2) is 0 Å². The van der Waals surface area contributed by atoms with Crippen molar-refractivity contribution >= 4 is 28.3 Å². The lowest BCUT2D eigenvalue weighted by Crippen LogP contribution is -3.13. The van der Waals surface area contributed by atoms with Crippen molar-refractivity contribution in [1.29, 1.82) is 0 Å². The molecule has 6 heteroatoms. The summed E-state index contributed by atoms with van der Waals surface area (Å²) in [6.45, 7) is 4.51. The minimum atomic E-state index is 0.0174. The number of benzene rings is 2. The molecule has 0 aliphatic carbocycles. The first-order valence-corrected chi connectivity index (χ1v) is 9.44. The fraction of sp³-hybridized carbons (Fsp3) is 0.286. The van der Waals surface area contributed by atoms with Gasteiger partial charge in [-0.05, 0) is 42.5 Å². The van der Waals surface area contributed by atoms with E-state index in [1.165, 1.54) is 10.6 Å². The van der Waals surface area contributed by atoms with Crippen LogP contribution in [0.1, 0.15) is 5.56 Å². The van der Waals surface area contributed by atoms with Crippen LogP contribution in [0.5, 0.6) is 5.75 Å². The molecule has 2 heterocycles. The lowest BCUT2D eigenvalue weighted by Gasteiger charge is -2.33. The van der Waals surface area contributed by atoms with Gasteiger partial charge in [0.05, 0.1) is 44.2 Å². The standard InChI is InChI=1S/C21H21ClN2O3/c1-26-18-5-3-17(4-6-18)24-10-8-23(9-11-24)13-15-14-27-20-7-2-16(22)12-19(20)21(15)25/h2-7,12,14H,8-11,13H2,1H3/p+1. The van der Waals surface area contributed by atoms with E-state index >= 15 is 0 Å². The van der Waals surface area contributed by atoms with Crippen molar-refractivity contribution in [3.63, 3.8) is 0 Å². The minimum Gasteiger partial charge on any atom is -0.497 e. The summed E-state index contributed by atoms with van der Waals surface area (Å²) in [5.74, 6) is 0.867. The van der Waals surface area contributed by atoms with Crippen molar-refractivity contribution in [3.05, 3.63) is 69.5 Å². The summed E-state index contributed by atoms with van der Waals surface area (Å²) in [6, 6.07) is 13.3. The van der Waals surface area contributed by atoms with Crippen LogP contribution >= 0.6 is 11.6 Å². The number of ether oxygens (including phenoxy) is 1.